The van der Waals surface area contributed by atoms with E-state index in [-0.39, 0.29) is 6.54 Å². The molecule has 0 saturated carbocycles. The maximum Gasteiger partial charge on any atom is 0.502 e. The van der Waals surface area contributed by atoms with E-state index in [0.717, 1.165) is 20.4 Å². The molecule has 2 heterocycles. The molecule has 2 aliphatic rings. The van der Waals surface area contributed by atoms with Crippen LogP contribution in [0.3, 0.4) is 0 Å². The number of hydrogen-bond donors (Lipinski definition) is 1. The first kappa shape index (κ1) is 19.3. The summed E-state index contributed by atoms with van der Waals surface area (Å²) >= 11 is 3.33. The minimum absolute atomic E-state index is 0.327. The fourth-order valence-corrected chi connectivity index (χ4v) is 3.60. The highest BCUT2D eigenvalue weighted by Crippen LogP contribution is 2.27. The summed E-state index contributed by atoms with van der Waals surface area (Å²) in [6.45, 7) is 2.65. The molecule has 1 atom stereocenters. The van der Waals surface area contributed by atoms with Crippen molar-refractivity contribution in [1.82, 2.24) is 4.90 Å². The third-order valence-corrected chi connectivity index (χ3v) is 5.38. The van der Waals surface area contributed by atoms with Gasteiger partial charge in [-0.15, -0.1) is 0 Å². The summed E-state index contributed by atoms with van der Waals surface area (Å²) in [4.78, 5) is 40.7. The van der Waals surface area contributed by atoms with Crippen LogP contribution < -0.4 is 10.2 Å². The van der Waals surface area contributed by atoms with Crippen molar-refractivity contribution in [1.29, 1.82) is 0 Å². The second kappa shape index (κ2) is 7.75. The van der Waals surface area contributed by atoms with Gasteiger partial charge in [-0.05, 0) is 48.0 Å². The Balaban J connectivity index is 1.54. The van der Waals surface area contributed by atoms with Crippen LogP contribution in [0, 0.1) is 6.92 Å². The number of amides is 3. The summed E-state index contributed by atoms with van der Waals surface area (Å²) in [6.07, 6.45) is -0.636. The Morgan fingerprint density at radius 3 is 2.45 bits per heavy atom. The summed E-state index contributed by atoms with van der Waals surface area (Å²) in [5, 5.41) is 7.11. The first-order valence-electron chi connectivity index (χ1n) is 9.14. The lowest BCUT2D eigenvalue weighted by Gasteiger charge is -2.27. The van der Waals surface area contributed by atoms with E-state index in [2.05, 4.69) is 26.4 Å². The molecule has 1 fully saturated rings. The second-order valence-corrected chi connectivity index (χ2v) is 7.82. The molecule has 0 aliphatic carbocycles. The minimum atomic E-state index is -0.794. The number of rotatable bonds is 4. The molecule has 2 aromatic rings. The molecule has 0 bridgehead atoms. The molecule has 1 unspecified atom stereocenters. The third-order valence-electron chi connectivity index (χ3n) is 4.85. The van der Waals surface area contributed by atoms with Gasteiger partial charge < -0.3 is 10.2 Å². The first-order chi connectivity index (χ1) is 13.9. The van der Waals surface area contributed by atoms with Crippen molar-refractivity contribution < 1.29 is 19.1 Å². The number of nitrogens with one attached hydrogen (secondary N) is 1. The number of aryl methyl sites for hydroxylation is 1. The smallest absolute Gasteiger partial charge is 0.326 e. The van der Waals surface area contributed by atoms with Crippen molar-refractivity contribution in [2.24, 2.45) is 5.11 Å². The summed E-state index contributed by atoms with van der Waals surface area (Å²) in [5.41, 5.74) is 2.63. The molecule has 4 rings (SSSR count). The van der Waals surface area contributed by atoms with Gasteiger partial charge in [0.15, 0.2) is 0 Å². The van der Waals surface area contributed by atoms with E-state index >= 15 is 0 Å². The Morgan fingerprint density at radius 2 is 1.76 bits per heavy atom. The highest BCUT2D eigenvalue weighted by atomic mass is 79.9. The van der Waals surface area contributed by atoms with Gasteiger partial charge in [-0.2, -0.15) is 0 Å². The van der Waals surface area contributed by atoms with Gasteiger partial charge in [-0.25, -0.2) is 4.79 Å². The molecule has 2 aromatic carbocycles. The van der Waals surface area contributed by atoms with Gasteiger partial charge >= 0.3 is 11.8 Å². The van der Waals surface area contributed by atoms with E-state index in [9.17, 15) is 14.4 Å². The van der Waals surface area contributed by atoms with Crippen LogP contribution in [0.2, 0.25) is 0 Å². The molecule has 1 saturated heterocycles. The highest BCUT2D eigenvalue weighted by Gasteiger charge is 2.49. The molecule has 1 N–H and O–H groups in total. The number of halogens is 1. The van der Waals surface area contributed by atoms with E-state index < -0.39 is 24.0 Å². The molecule has 0 radical (unpaired) electrons. The van der Waals surface area contributed by atoms with Crippen LogP contribution in [0.15, 0.2) is 58.1 Å². The average Bonchev–Trinajstić information content (AvgIpc) is 3.12. The number of carbonyl (C=O) groups is 3. The van der Waals surface area contributed by atoms with Crippen LogP contribution in [-0.4, -0.2) is 53.2 Å². The van der Waals surface area contributed by atoms with Gasteiger partial charge in [0.05, 0.1) is 0 Å². The molecule has 2 aliphatic heterocycles. The van der Waals surface area contributed by atoms with E-state index in [1.807, 2.05) is 36.1 Å². The predicted octanol–water partition coefficient (Wildman–Crippen LogP) is 2.33. The molecular weight excluding hydrogens is 438 g/mol. The highest BCUT2D eigenvalue weighted by molar-refractivity contribution is 9.10. The second-order valence-electron chi connectivity index (χ2n) is 6.91. The van der Waals surface area contributed by atoms with Crippen LogP contribution in [0.1, 0.15) is 5.56 Å². The van der Waals surface area contributed by atoms with E-state index in [1.54, 1.807) is 24.3 Å². The van der Waals surface area contributed by atoms with Gasteiger partial charge in [0, 0.05) is 34.1 Å². The lowest BCUT2D eigenvalue weighted by molar-refractivity contribution is -0.509. The third kappa shape index (κ3) is 3.91. The molecule has 0 spiro atoms. The SMILES string of the molecule is Cc1ccc(N2CCN3C(=O)C(=O)[N+](CC(=O)Nc4ccc(Br)cc4)=NC32)cc1. The number of azo groups is 2. The number of nitrogens with zero attached hydrogens (tertiary/aromatic N) is 4. The first-order valence-corrected chi connectivity index (χ1v) is 9.93. The lowest BCUT2D eigenvalue weighted by Crippen LogP contribution is -2.52. The maximum atomic E-state index is 12.5. The van der Waals surface area contributed by atoms with Gasteiger partial charge in [0.2, 0.25) is 0 Å². The Morgan fingerprint density at radius 1 is 1.10 bits per heavy atom. The molecule has 8 nitrogen and oxygen atoms in total. The van der Waals surface area contributed by atoms with Gasteiger partial charge in [0.1, 0.15) is 0 Å². The number of hydrogen-bond acceptors (Lipinski definition) is 5. The van der Waals surface area contributed by atoms with Crippen LogP contribution in [0.5, 0.6) is 0 Å². The molecular formula is C20H19BrN5O3+. The quantitative estimate of drug-likeness (QED) is 0.564. The van der Waals surface area contributed by atoms with E-state index in [0.29, 0.717) is 18.8 Å². The van der Waals surface area contributed by atoms with Crippen LogP contribution in [-0.2, 0) is 14.4 Å². The summed E-state index contributed by atoms with van der Waals surface area (Å²) in [5.74, 6) is -1.86. The molecule has 0 aromatic heterocycles. The van der Waals surface area contributed by atoms with E-state index in [1.165, 1.54) is 4.90 Å². The molecule has 148 valence electrons. The van der Waals surface area contributed by atoms with Crippen molar-refractivity contribution in [3.05, 3.63) is 58.6 Å². The minimum Gasteiger partial charge on any atom is -0.326 e. The number of benzene rings is 2. The molecule has 29 heavy (non-hydrogen) atoms. The van der Waals surface area contributed by atoms with Crippen molar-refractivity contribution in [3.8, 4) is 0 Å². The maximum absolute atomic E-state index is 12.5. The number of anilines is 2. The van der Waals surface area contributed by atoms with Gasteiger partial charge in [-0.1, -0.05) is 33.6 Å². The Labute approximate surface area is 175 Å². The summed E-state index contributed by atoms with van der Waals surface area (Å²) in [6, 6.07) is 14.9. The van der Waals surface area contributed by atoms with Crippen LogP contribution >= 0.6 is 15.9 Å². The van der Waals surface area contributed by atoms with Crippen LogP contribution in [0.4, 0.5) is 11.4 Å². The zero-order chi connectivity index (χ0) is 20.5. The van der Waals surface area contributed by atoms with Crippen molar-refractivity contribution >= 4 is 45.0 Å². The average molecular weight is 457 g/mol. The normalized spacial score (nSPS) is 18.6. The standard InChI is InChI=1S/C20H18BrN5O3/c1-13-2-8-16(9-3-13)24-10-11-25-18(28)19(29)26(23-20(24)25)12-17(27)22-15-6-4-14(21)5-7-15/h2-9,20H,10-12H2,1H3/p+1. The summed E-state index contributed by atoms with van der Waals surface area (Å²) < 4.78 is 1.85. The van der Waals surface area contributed by atoms with E-state index in [4.69, 9.17) is 0 Å². The Hall–Kier alpha value is -3.07. The number of fused-ring (bicyclic) bond motifs is 1. The fourth-order valence-electron chi connectivity index (χ4n) is 3.34. The zero-order valence-corrected chi connectivity index (χ0v) is 17.3. The fraction of sp³-hybridized carbons (Fsp3) is 0.250. The van der Waals surface area contributed by atoms with Gasteiger partial charge in [0.25, 0.3) is 18.7 Å². The Kier molecular flexibility index (Phi) is 5.14. The lowest BCUT2D eigenvalue weighted by atomic mass is 10.2. The predicted molar refractivity (Wildman–Crippen MR) is 109 cm³/mol. The summed E-state index contributed by atoms with van der Waals surface area (Å²) in [7, 11) is 0. The van der Waals surface area contributed by atoms with Crippen molar-refractivity contribution in [3.63, 3.8) is 0 Å². The number of carbonyl (C=O) groups excluding carboxylic acids is 3. The molecule has 3 amide bonds. The monoisotopic (exact) mass is 456 g/mol. The van der Waals surface area contributed by atoms with Gasteiger partial charge in [-0.3, -0.25) is 14.5 Å². The largest absolute Gasteiger partial charge is 0.502 e. The Bertz CT molecular complexity index is 1000. The van der Waals surface area contributed by atoms with Crippen LogP contribution in [0.25, 0.3) is 0 Å². The zero-order valence-electron chi connectivity index (χ0n) is 15.7. The van der Waals surface area contributed by atoms with Crippen molar-refractivity contribution in [2.75, 3.05) is 29.9 Å². The van der Waals surface area contributed by atoms with Crippen molar-refractivity contribution in [2.45, 2.75) is 13.2 Å². The molecule has 9 heteroatoms. The topological polar surface area (TPSA) is 85.1 Å².